The number of hydrogen-bond donors (Lipinski definition) is 1. The normalized spacial score (nSPS) is 15.2. The minimum absolute atomic E-state index is 0.362. The zero-order valence-corrected chi connectivity index (χ0v) is 14.3. The summed E-state index contributed by atoms with van der Waals surface area (Å²) in [5.74, 6) is -1.70. The number of benzene rings is 1. The maximum absolute atomic E-state index is 12.3. The molecule has 1 aliphatic carbocycles. The lowest BCUT2D eigenvalue weighted by atomic mass is 10.3. The van der Waals surface area contributed by atoms with Gasteiger partial charge < -0.3 is 14.7 Å². The highest BCUT2D eigenvalue weighted by molar-refractivity contribution is 7.92. The fraction of sp³-hybridized carbons (Fsp3) is 0.500. The average Bonchev–Trinajstić information content (AvgIpc) is 3.07. The second-order valence-corrected chi connectivity index (χ2v) is 8.12. The first-order valence-electron chi connectivity index (χ1n) is 7.72. The summed E-state index contributed by atoms with van der Waals surface area (Å²) in [4.78, 5) is 24.0. The molecule has 1 saturated carbocycles. The first-order chi connectivity index (χ1) is 11.3. The Labute approximate surface area is 141 Å². The maximum atomic E-state index is 12.3. The highest BCUT2D eigenvalue weighted by Gasteiger charge is 2.31. The molecule has 24 heavy (non-hydrogen) atoms. The van der Waals surface area contributed by atoms with Crippen molar-refractivity contribution >= 4 is 27.4 Å². The van der Waals surface area contributed by atoms with Gasteiger partial charge in [-0.3, -0.25) is 4.79 Å². The predicted octanol–water partition coefficient (Wildman–Crippen LogP) is 1.47. The summed E-state index contributed by atoms with van der Waals surface area (Å²) in [5, 5.41) is 8.15. The lowest BCUT2D eigenvalue weighted by molar-refractivity contribution is -0.139. The van der Waals surface area contributed by atoms with Crippen molar-refractivity contribution in [2.45, 2.75) is 30.9 Å². The zero-order chi connectivity index (χ0) is 17.7. The molecular weight excluding hydrogens is 334 g/mol. The standard InChI is InChI=1S/C16H21NO6S/c1-17(12-6-8-13(9-7-12)23-10-16(19)20)15(18)11-24(21,22)14-4-2-3-5-14/h6-9,14H,2-5,10-11H2,1H3,(H,19,20). The summed E-state index contributed by atoms with van der Waals surface area (Å²) in [6.45, 7) is -0.451. The van der Waals surface area contributed by atoms with Crippen LogP contribution in [-0.4, -0.2) is 50.1 Å². The Hall–Kier alpha value is -2.09. The molecule has 0 aromatic heterocycles. The Morgan fingerprint density at radius 2 is 1.79 bits per heavy atom. The first kappa shape index (κ1) is 18.3. The Morgan fingerprint density at radius 3 is 2.33 bits per heavy atom. The van der Waals surface area contributed by atoms with Gasteiger partial charge in [0.15, 0.2) is 16.4 Å². The number of sulfone groups is 1. The van der Waals surface area contributed by atoms with Crippen LogP contribution >= 0.6 is 0 Å². The van der Waals surface area contributed by atoms with Crippen molar-refractivity contribution < 1.29 is 27.9 Å². The molecule has 0 unspecified atom stereocenters. The molecule has 0 aliphatic heterocycles. The molecule has 0 spiro atoms. The molecular formula is C16H21NO6S. The molecule has 1 aromatic rings. The fourth-order valence-electron chi connectivity index (χ4n) is 2.69. The highest BCUT2D eigenvalue weighted by atomic mass is 32.2. The van der Waals surface area contributed by atoms with Crippen molar-refractivity contribution in [2.75, 3.05) is 24.3 Å². The van der Waals surface area contributed by atoms with Crippen molar-refractivity contribution in [2.24, 2.45) is 0 Å². The number of ether oxygens (including phenoxy) is 1. The third-order valence-corrected chi connectivity index (χ3v) is 6.23. The van der Waals surface area contributed by atoms with Gasteiger partial charge in [0.05, 0.1) is 5.25 Å². The number of nitrogens with zero attached hydrogens (tertiary/aromatic N) is 1. The number of hydrogen-bond acceptors (Lipinski definition) is 5. The predicted molar refractivity (Wildman–Crippen MR) is 89.0 cm³/mol. The zero-order valence-electron chi connectivity index (χ0n) is 13.5. The second kappa shape index (κ2) is 7.65. The SMILES string of the molecule is CN(C(=O)CS(=O)(=O)C1CCCC1)c1ccc(OCC(=O)O)cc1. The Kier molecular flexibility index (Phi) is 5.82. The van der Waals surface area contributed by atoms with Crippen molar-refractivity contribution in [1.82, 2.24) is 0 Å². The highest BCUT2D eigenvalue weighted by Crippen LogP contribution is 2.26. The molecule has 0 heterocycles. The number of amides is 1. The van der Waals surface area contributed by atoms with E-state index < -0.39 is 39.3 Å². The van der Waals surface area contributed by atoms with E-state index in [2.05, 4.69) is 0 Å². The summed E-state index contributed by atoms with van der Waals surface area (Å²) >= 11 is 0. The van der Waals surface area contributed by atoms with E-state index in [1.54, 1.807) is 12.1 Å². The minimum atomic E-state index is -3.42. The van der Waals surface area contributed by atoms with Crippen LogP contribution in [0, 0.1) is 0 Å². The van der Waals surface area contributed by atoms with E-state index in [0.29, 0.717) is 24.3 Å². The van der Waals surface area contributed by atoms with E-state index >= 15 is 0 Å². The molecule has 0 atom stereocenters. The van der Waals surface area contributed by atoms with Gasteiger partial charge in [0, 0.05) is 12.7 Å². The lowest BCUT2D eigenvalue weighted by Crippen LogP contribution is -2.35. The number of carbonyl (C=O) groups is 2. The third-order valence-electron chi connectivity index (χ3n) is 4.10. The maximum Gasteiger partial charge on any atom is 0.341 e. The van der Waals surface area contributed by atoms with Crippen LogP contribution in [0.25, 0.3) is 0 Å². The van der Waals surface area contributed by atoms with Crippen LogP contribution in [0.15, 0.2) is 24.3 Å². The van der Waals surface area contributed by atoms with E-state index in [1.807, 2.05) is 0 Å². The first-order valence-corrected chi connectivity index (χ1v) is 9.44. The van der Waals surface area contributed by atoms with Crippen molar-refractivity contribution in [3.05, 3.63) is 24.3 Å². The number of carbonyl (C=O) groups excluding carboxylic acids is 1. The van der Waals surface area contributed by atoms with Gasteiger partial charge in [-0.15, -0.1) is 0 Å². The van der Waals surface area contributed by atoms with Crippen LogP contribution in [0.3, 0.4) is 0 Å². The van der Waals surface area contributed by atoms with E-state index in [-0.39, 0.29) is 0 Å². The minimum Gasteiger partial charge on any atom is -0.482 e. The van der Waals surface area contributed by atoms with Gasteiger partial charge in [0.25, 0.3) is 0 Å². The molecule has 1 N–H and O–H groups in total. The quantitative estimate of drug-likeness (QED) is 0.795. The fourth-order valence-corrected chi connectivity index (χ4v) is 4.51. The van der Waals surface area contributed by atoms with Gasteiger partial charge in [-0.25, -0.2) is 13.2 Å². The van der Waals surface area contributed by atoms with Gasteiger partial charge in [0.2, 0.25) is 5.91 Å². The van der Waals surface area contributed by atoms with Crippen LogP contribution in [0.1, 0.15) is 25.7 Å². The van der Waals surface area contributed by atoms with Crippen molar-refractivity contribution in [3.63, 3.8) is 0 Å². The van der Waals surface area contributed by atoms with Crippen LogP contribution in [-0.2, 0) is 19.4 Å². The van der Waals surface area contributed by atoms with E-state index in [4.69, 9.17) is 9.84 Å². The number of carboxylic acids is 1. The Morgan fingerprint density at radius 1 is 1.21 bits per heavy atom. The van der Waals surface area contributed by atoms with Crippen LogP contribution in [0.5, 0.6) is 5.75 Å². The topological polar surface area (TPSA) is 101 Å². The van der Waals surface area contributed by atoms with E-state index in [9.17, 15) is 18.0 Å². The summed E-state index contributed by atoms with van der Waals surface area (Å²) in [6, 6.07) is 6.23. The molecule has 0 saturated heterocycles. The largest absolute Gasteiger partial charge is 0.482 e. The smallest absolute Gasteiger partial charge is 0.341 e. The van der Waals surface area contributed by atoms with Gasteiger partial charge >= 0.3 is 5.97 Å². The molecule has 0 bridgehead atoms. The second-order valence-electron chi connectivity index (χ2n) is 5.84. The summed E-state index contributed by atoms with van der Waals surface area (Å²) < 4.78 is 29.5. The number of rotatable bonds is 7. The van der Waals surface area contributed by atoms with E-state index in [0.717, 1.165) is 12.8 Å². The molecule has 1 aliphatic rings. The number of anilines is 1. The van der Waals surface area contributed by atoms with E-state index in [1.165, 1.54) is 24.1 Å². The lowest BCUT2D eigenvalue weighted by Gasteiger charge is -2.19. The Balaban J connectivity index is 1.98. The number of carboxylic acid groups (broad SMARTS) is 1. The molecule has 1 amide bonds. The molecule has 0 radical (unpaired) electrons. The summed E-state index contributed by atoms with van der Waals surface area (Å²) in [6.07, 6.45) is 3.06. The molecule has 132 valence electrons. The molecule has 1 aromatic carbocycles. The van der Waals surface area contributed by atoms with Crippen LogP contribution in [0.4, 0.5) is 5.69 Å². The van der Waals surface area contributed by atoms with Crippen LogP contribution in [0.2, 0.25) is 0 Å². The van der Waals surface area contributed by atoms with Gasteiger partial charge in [-0.05, 0) is 37.1 Å². The number of aliphatic carboxylic acids is 1. The molecule has 1 fully saturated rings. The van der Waals surface area contributed by atoms with Crippen LogP contribution < -0.4 is 9.64 Å². The van der Waals surface area contributed by atoms with Crippen molar-refractivity contribution in [3.8, 4) is 5.75 Å². The molecule has 7 nitrogen and oxygen atoms in total. The summed E-state index contributed by atoms with van der Waals surface area (Å²) in [5.41, 5.74) is 0.518. The van der Waals surface area contributed by atoms with Crippen molar-refractivity contribution in [1.29, 1.82) is 0 Å². The monoisotopic (exact) mass is 355 g/mol. The van der Waals surface area contributed by atoms with Gasteiger partial charge in [-0.1, -0.05) is 12.8 Å². The van der Waals surface area contributed by atoms with Gasteiger partial charge in [-0.2, -0.15) is 0 Å². The average molecular weight is 355 g/mol. The summed E-state index contributed by atoms with van der Waals surface area (Å²) in [7, 11) is -1.91. The molecule has 2 rings (SSSR count). The molecule has 8 heteroatoms. The van der Waals surface area contributed by atoms with Gasteiger partial charge in [0.1, 0.15) is 11.5 Å². The Bertz CT molecular complexity index is 692. The third kappa shape index (κ3) is 4.70.